The second kappa shape index (κ2) is 8.29. The quantitative estimate of drug-likeness (QED) is 0.163. The molecule has 7 nitrogen and oxygen atoms in total. The fraction of sp³-hybridized carbons (Fsp3) is 0.611. The van der Waals surface area contributed by atoms with Crippen molar-refractivity contribution in [2.45, 2.75) is 32.8 Å². The van der Waals surface area contributed by atoms with Crippen LogP contribution in [0.5, 0.6) is 0 Å². The Morgan fingerprint density at radius 3 is 2.56 bits per heavy atom. The molecule has 25 heavy (non-hydrogen) atoms. The maximum Gasteiger partial charge on any atom is 0.333 e. The monoisotopic (exact) mass is 352 g/mol. The van der Waals surface area contributed by atoms with Gasteiger partial charge in [0.1, 0.15) is 25.9 Å². The Kier molecular flexibility index (Phi) is 6.36. The van der Waals surface area contributed by atoms with Crippen molar-refractivity contribution in [3.05, 3.63) is 24.3 Å². The van der Waals surface area contributed by atoms with Gasteiger partial charge in [-0.1, -0.05) is 18.7 Å². The van der Waals surface area contributed by atoms with Crippen molar-refractivity contribution < 1.29 is 33.3 Å². The van der Waals surface area contributed by atoms with Gasteiger partial charge in [-0.3, -0.25) is 9.59 Å². The van der Waals surface area contributed by atoms with Crippen molar-refractivity contribution in [1.29, 1.82) is 0 Å². The van der Waals surface area contributed by atoms with Crippen LogP contribution in [-0.4, -0.2) is 50.4 Å². The van der Waals surface area contributed by atoms with Gasteiger partial charge in [-0.2, -0.15) is 0 Å². The van der Waals surface area contributed by atoms with E-state index < -0.39 is 29.2 Å². The minimum Gasteiger partial charge on any atom is -0.462 e. The fourth-order valence-corrected chi connectivity index (χ4v) is 2.54. The van der Waals surface area contributed by atoms with E-state index in [1.807, 2.05) is 6.08 Å². The number of hydrogen-bond acceptors (Lipinski definition) is 7. The van der Waals surface area contributed by atoms with Crippen LogP contribution in [0.3, 0.4) is 0 Å². The van der Waals surface area contributed by atoms with Gasteiger partial charge in [0.25, 0.3) is 0 Å². The van der Waals surface area contributed by atoms with Crippen molar-refractivity contribution in [3.8, 4) is 0 Å². The van der Waals surface area contributed by atoms with Crippen LogP contribution < -0.4 is 0 Å². The topological polar surface area (TPSA) is 91.4 Å². The van der Waals surface area contributed by atoms with Gasteiger partial charge >= 0.3 is 17.9 Å². The fourth-order valence-electron chi connectivity index (χ4n) is 2.54. The molecule has 1 aliphatic heterocycles. The Bertz CT molecular complexity index is 576. The number of hydrogen-bond donors (Lipinski definition) is 0. The van der Waals surface area contributed by atoms with E-state index in [4.69, 9.17) is 18.9 Å². The first kappa shape index (κ1) is 19.2. The molecule has 0 amide bonds. The van der Waals surface area contributed by atoms with E-state index in [0.717, 1.165) is 0 Å². The summed E-state index contributed by atoms with van der Waals surface area (Å²) in [5, 5.41) is 0. The van der Waals surface area contributed by atoms with Gasteiger partial charge in [0.05, 0.1) is 17.9 Å². The number of allylic oxidation sites excluding steroid dienone is 1. The van der Waals surface area contributed by atoms with E-state index in [-0.39, 0.29) is 31.5 Å². The van der Waals surface area contributed by atoms with Crippen molar-refractivity contribution in [2.24, 2.45) is 11.3 Å². The lowest BCUT2D eigenvalue weighted by atomic mass is 9.70. The van der Waals surface area contributed by atoms with Crippen molar-refractivity contribution >= 4 is 17.9 Å². The normalized spacial score (nSPS) is 27.3. The van der Waals surface area contributed by atoms with Gasteiger partial charge in [-0.15, -0.1) is 0 Å². The highest BCUT2D eigenvalue weighted by atomic mass is 16.6. The zero-order chi connectivity index (χ0) is 18.4. The molecule has 2 rings (SSSR count). The second-order valence-corrected chi connectivity index (χ2v) is 6.50. The van der Waals surface area contributed by atoms with Crippen LogP contribution in [-0.2, 0) is 33.3 Å². The summed E-state index contributed by atoms with van der Waals surface area (Å²) >= 11 is 0. The SMILES string of the molecule is C=C(C)C(=O)OCCOC(=O)C1C=CCCC1(C)C(=O)OCC1CO1. The van der Waals surface area contributed by atoms with Crippen LogP contribution in [0.1, 0.15) is 26.7 Å². The molecule has 2 aliphatic rings. The molecule has 3 unspecified atom stereocenters. The zero-order valence-electron chi connectivity index (χ0n) is 14.6. The van der Waals surface area contributed by atoms with Crippen LogP contribution >= 0.6 is 0 Å². The molecular formula is C18H24O7. The van der Waals surface area contributed by atoms with Crippen LogP contribution in [0.2, 0.25) is 0 Å². The third-order valence-electron chi connectivity index (χ3n) is 4.28. The number of esters is 3. The number of ether oxygens (including phenoxy) is 4. The molecule has 1 aliphatic carbocycles. The van der Waals surface area contributed by atoms with E-state index in [1.165, 1.54) is 6.92 Å². The highest BCUT2D eigenvalue weighted by Crippen LogP contribution is 2.39. The molecule has 0 aromatic rings. The number of rotatable bonds is 8. The Balaban J connectivity index is 1.87. The summed E-state index contributed by atoms with van der Waals surface area (Å²) in [6.07, 6.45) is 4.69. The average molecular weight is 352 g/mol. The molecule has 0 saturated carbocycles. The predicted octanol–water partition coefficient (Wildman–Crippen LogP) is 1.56. The molecule has 0 aromatic heterocycles. The van der Waals surface area contributed by atoms with Gasteiger partial charge in [0.15, 0.2) is 0 Å². The third kappa shape index (κ3) is 5.16. The Morgan fingerprint density at radius 1 is 1.24 bits per heavy atom. The van der Waals surface area contributed by atoms with Gasteiger partial charge < -0.3 is 18.9 Å². The lowest BCUT2D eigenvalue weighted by Gasteiger charge is -2.34. The molecule has 0 aromatic carbocycles. The van der Waals surface area contributed by atoms with Crippen LogP contribution in [0, 0.1) is 11.3 Å². The molecule has 0 bridgehead atoms. The summed E-state index contributed by atoms with van der Waals surface area (Å²) in [5.74, 6) is -2.23. The molecular weight excluding hydrogens is 328 g/mol. The predicted molar refractivity (Wildman–Crippen MR) is 87.4 cm³/mol. The van der Waals surface area contributed by atoms with Crippen molar-refractivity contribution in [3.63, 3.8) is 0 Å². The number of carbonyl (C=O) groups excluding carboxylic acids is 3. The minimum atomic E-state index is -0.977. The summed E-state index contributed by atoms with van der Waals surface area (Å²) in [4.78, 5) is 36.1. The van der Waals surface area contributed by atoms with Crippen molar-refractivity contribution in [2.75, 3.05) is 26.4 Å². The first-order chi connectivity index (χ1) is 11.8. The van der Waals surface area contributed by atoms with E-state index in [2.05, 4.69) is 6.58 Å². The van der Waals surface area contributed by atoms with E-state index >= 15 is 0 Å². The molecule has 1 saturated heterocycles. The Hall–Kier alpha value is -2.15. The van der Waals surface area contributed by atoms with Crippen LogP contribution in [0.15, 0.2) is 24.3 Å². The Morgan fingerprint density at radius 2 is 1.92 bits per heavy atom. The Labute approximate surface area is 146 Å². The molecule has 0 N–H and O–H groups in total. The molecule has 3 atom stereocenters. The maximum absolute atomic E-state index is 12.5. The lowest BCUT2D eigenvalue weighted by Crippen LogP contribution is -2.43. The van der Waals surface area contributed by atoms with E-state index in [9.17, 15) is 14.4 Å². The van der Waals surface area contributed by atoms with Gasteiger partial charge in [0.2, 0.25) is 0 Å². The van der Waals surface area contributed by atoms with Crippen LogP contribution in [0.4, 0.5) is 0 Å². The van der Waals surface area contributed by atoms with E-state index in [1.54, 1.807) is 13.0 Å². The third-order valence-corrected chi connectivity index (χ3v) is 4.28. The molecule has 0 radical (unpaired) electrons. The first-order valence-electron chi connectivity index (χ1n) is 8.29. The van der Waals surface area contributed by atoms with Crippen molar-refractivity contribution in [1.82, 2.24) is 0 Å². The lowest BCUT2D eigenvalue weighted by molar-refractivity contribution is -0.168. The second-order valence-electron chi connectivity index (χ2n) is 6.50. The molecule has 1 heterocycles. The largest absolute Gasteiger partial charge is 0.462 e. The summed E-state index contributed by atoms with van der Waals surface area (Å²) in [6.45, 7) is 7.36. The molecule has 0 spiro atoms. The van der Waals surface area contributed by atoms with Crippen LogP contribution in [0.25, 0.3) is 0 Å². The summed E-state index contributed by atoms with van der Waals surface area (Å²) in [5.41, 5.74) is -0.703. The molecule has 1 fully saturated rings. The highest BCUT2D eigenvalue weighted by Gasteiger charge is 2.47. The first-order valence-corrected chi connectivity index (χ1v) is 8.29. The smallest absolute Gasteiger partial charge is 0.333 e. The zero-order valence-corrected chi connectivity index (χ0v) is 14.6. The highest BCUT2D eigenvalue weighted by molar-refractivity contribution is 5.87. The summed E-state index contributed by atoms with van der Waals surface area (Å²) in [7, 11) is 0. The standard InChI is InChI=1S/C18H24O7/c1-12(2)15(19)22-8-9-23-16(20)14-6-4-5-7-18(14,3)17(21)25-11-13-10-24-13/h4,6,13-14H,1,5,7-11H2,2-3H3. The average Bonchev–Trinajstić information content (AvgIpc) is 3.40. The van der Waals surface area contributed by atoms with E-state index in [0.29, 0.717) is 19.4 Å². The molecule has 7 heteroatoms. The minimum absolute atomic E-state index is 0.0277. The summed E-state index contributed by atoms with van der Waals surface area (Å²) < 4.78 is 20.4. The summed E-state index contributed by atoms with van der Waals surface area (Å²) in [6, 6.07) is 0. The maximum atomic E-state index is 12.5. The van der Waals surface area contributed by atoms with Gasteiger partial charge in [-0.25, -0.2) is 4.79 Å². The van der Waals surface area contributed by atoms with Gasteiger partial charge in [-0.05, 0) is 26.7 Å². The number of carbonyl (C=O) groups is 3. The van der Waals surface area contributed by atoms with Gasteiger partial charge in [0, 0.05) is 5.57 Å². The molecule has 138 valence electrons. The number of epoxide rings is 1.